The number of hydrogen-bond acceptors (Lipinski definition) is 4. The topological polar surface area (TPSA) is 104 Å². The highest BCUT2D eigenvalue weighted by Gasteiger charge is 2.52. The maximum atomic E-state index is 10.2. The molecule has 0 saturated heterocycles. The number of rotatable bonds is 1. The van der Waals surface area contributed by atoms with Crippen LogP contribution in [0.3, 0.4) is 0 Å². The van der Waals surface area contributed by atoms with Gasteiger partial charge >= 0.3 is 0 Å². The molecule has 1 aromatic carbocycles. The molecule has 5 nitrogen and oxygen atoms in total. The Balaban J connectivity index is 0.000000446. The summed E-state index contributed by atoms with van der Waals surface area (Å²) >= 11 is 0. The lowest BCUT2D eigenvalue weighted by atomic mass is 9.48. The summed E-state index contributed by atoms with van der Waals surface area (Å²) < 4.78 is 0. The summed E-state index contributed by atoms with van der Waals surface area (Å²) in [4.78, 5) is 8.58. The van der Waals surface area contributed by atoms with E-state index in [9.17, 15) is 15.3 Å². The molecule has 5 rings (SSSR count). The molecule has 0 atom stereocenters. The number of primary amides is 1. The molecule has 0 spiro atoms. The van der Waals surface area contributed by atoms with E-state index in [0.717, 1.165) is 42.6 Å². The average Bonchev–Trinajstić information content (AvgIpc) is 2.44. The van der Waals surface area contributed by atoms with Crippen molar-refractivity contribution in [2.75, 3.05) is 0 Å². The molecule has 4 fully saturated rings. The van der Waals surface area contributed by atoms with E-state index in [-0.39, 0.29) is 29.1 Å². The normalized spacial score (nSPS) is 34.8. The maximum Gasteiger partial charge on any atom is 0.204 e. The largest absolute Gasteiger partial charge is 0.504 e. The molecule has 4 bridgehead atoms. The van der Waals surface area contributed by atoms with Gasteiger partial charge < -0.3 is 21.1 Å². The number of amides is 1. The Labute approximate surface area is 129 Å². The minimum atomic E-state index is -0.353. The predicted octanol–water partition coefficient (Wildman–Crippen LogP) is 2.37. The monoisotopic (exact) mass is 305 g/mol. The lowest BCUT2D eigenvalue weighted by Gasteiger charge is -2.57. The summed E-state index contributed by atoms with van der Waals surface area (Å²) in [5, 5.41) is 29.5. The Morgan fingerprint density at radius 1 is 0.955 bits per heavy atom. The molecule has 0 radical (unpaired) electrons. The van der Waals surface area contributed by atoms with Gasteiger partial charge in [-0.05, 0) is 67.8 Å². The Bertz CT molecular complexity index is 549. The van der Waals surface area contributed by atoms with Gasteiger partial charge in [-0.1, -0.05) is 6.07 Å². The third kappa shape index (κ3) is 2.28. The molecular formula is C17H23NO4. The summed E-state index contributed by atoms with van der Waals surface area (Å²) in [7, 11) is 0. The van der Waals surface area contributed by atoms with Crippen LogP contribution in [-0.2, 0) is 10.2 Å². The number of phenols is 3. The molecule has 5 N–H and O–H groups in total. The lowest BCUT2D eigenvalue weighted by Crippen LogP contribution is -2.48. The number of hydrogen-bond donors (Lipinski definition) is 4. The first-order valence-corrected chi connectivity index (χ1v) is 7.89. The zero-order valence-electron chi connectivity index (χ0n) is 12.5. The number of carbonyl (C=O) groups excluding carboxylic acids is 1. The number of nitrogens with two attached hydrogens (primary N) is 1. The first kappa shape index (κ1) is 15.0. The van der Waals surface area contributed by atoms with E-state index in [4.69, 9.17) is 4.79 Å². The van der Waals surface area contributed by atoms with Gasteiger partial charge in [0.05, 0.1) is 0 Å². The maximum absolute atomic E-state index is 10.2. The number of benzene rings is 1. The molecule has 0 heterocycles. The van der Waals surface area contributed by atoms with Crippen LogP contribution in [0.1, 0.15) is 44.1 Å². The van der Waals surface area contributed by atoms with Crippen LogP contribution in [0.25, 0.3) is 0 Å². The highest BCUT2D eigenvalue weighted by molar-refractivity contribution is 5.56. The fourth-order valence-electron chi connectivity index (χ4n) is 5.44. The van der Waals surface area contributed by atoms with Crippen molar-refractivity contribution >= 4 is 6.41 Å². The second kappa shape index (κ2) is 5.38. The molecule has 5 heteroatoms. The summed E-state index contributed by atoms with van der Waals surface area (Å²) in [6.07, 6.45) is 7.71. The molecule has 4 saturated carbocycles. The molecule has 4 aliphatic carbocycles. The van der Waals surface area contributed by atoms with Crippen LogP contribution in [0.2, 0.25) is 0 Å². The second-order valence-corrected chi connectivity index (χ2v) is 7.16. The van der Waals surface area contributed by atoms with Crippen molar-refractivity contribution in [2.45, 2.75) is 43.9 Å². The first-order chi connectivity index (χ1) is 10.5. The van der Waals surface area contributed by atoms with Gasteiger partial charge in [0.15, 0.2) is 11.5 Å². The van der Waals surface area contributed by atoms with Gasteiger partial charge in [-0.15, -0.1) is 0 Å². The molecule has 1 amide bonds. The van der Waals surface area contributed by atoms with Crippen LogP contribution in [0, 0.1) is 17.8 Å². The lowest BCUT2D eigenvalue weighted by molar-refractivity contribution is -0.106. The van der Waals surface area contributed by atoms with Gasteiger partial charge in [0.25, 0.3) is 0 Å². The Morgan fingerprint density at radius 2 is 1.41 bits per heavy atom. The fourth-order valence-corrected chi connectivity index (χ4v) is 5.44. The smallest absolute Gasteiger partial charge is 0.204 e. The number of aromatic hydroxyl groups is 3. The fraction of sp³-hybridized carbons (Fsp3) is 0.588. The van der Waals surface area contributed by atoms with Gasteiger partial charge in [0.2, 0.25) is 12.2 Å². The first-order valence-electron chi connectivity index (χ1n) is 7.89. The van der Waals surface area contributed by atoms with E-state index in [1.54, 1.807) is 0 Å². The van der Waals surface area contributed by atoms with Crippen molar-refractivity contribution in [3.8, 4) is 17.2 Å². The molecule has 0 aromatic heterocycles. The molecule has 0 aliphatic heterocycles. The summed E-state index contributed by atoms with van der Waals surface area (Å²) in [6, 6.07) is 3.33. The molecule has 22 heavy (non-hydrogen) atoms. The van der Waals surface area contributed by atoms with Crippen molar-refractivity contribution in [1.29, 1.82) is 0 Å². The second-order valence-electron chi connectivity index (χ2n) is 7.16. The summed E-state index contributed by atoms with van der Waals surface area (Å²) in [6.45, 7) is 0. The van der Waals surface area contributed by atoms with Crippen LogP contribution in [0.4, 0.5) is 0 Å². The minimum absolute atomic E-state index is 0.0456. The summed E-state index contributed by atoms with van der Waals surface area (Å²) in [5.41, 5.74) is 5.08. The van der Waals surface area contributed by atoms with Crippen molar-refractivity contribution in [3.05, 3.63) is 17.7 Å². The van der Waals surface area contributed by atoms with Gasteiger partial charge in [0, 0.05) is 5.56 Å². The van der Waals surface area contributed by atoms with E-state index in [2.05, 4.69) is 5.73 Å². The SMILES string of the molecule is NC=O.Oc1ccc(C23CC4CC(CC(C4)C2)C3)c(O)c1O. The minimum Gasteiger partial charge on any atom is -0.504 e. The molecule has 4 aliphatic rings. The highest BCUT2D eigenvalue weighted by atomic mass is 16.3. The molecule has 0 unspecified atom stereocenters. The Morgan fingerprint density at radius 3 is 1.86 bits per heavy atom. The van der Waals surface area contributed by atoms with Crippen LogP contribution in [0.5, 0.6) is 17.2 Å². The van der Waals surface area contributed by atoms with Crippen molar-refractivity contribution in [2.24, 2.45) is 23.5 Å². The van der Waals surface area contributed by atoms with E-state index < -0.39 is 0 Å². The van der Waals surface area contributed by atoms with E-state index in [1.165, 1.54) is 25.3 Å². The molecular weight excluding hydrogens is 282 g/mol. The third-order valence-corrected chi connectivity index (χ3v) is 5.74. The third-order valence-electron chi connectivity index (χ3n) is 5.74. The van der Waals surface area contributed by atoms with E-state index >= 15 is 0 Å². The zero-order valence-corrected chi connectivity index (χ0v) is 12.5. The van der Waals surface area contributed by atoms with Crippen LogP contribution >= 0.6 is 0 Å². The molecule has 120 valence electrons. The van der Waals surface area contributed by atoms with Gasteiger partial charge in [-0.25, -0.2) is 0 Å². The number of phenolic OH excluding ortho intramolecular Hbond substituents is 3. The van der Waals surface area contributed by atoms with Crippen LogP contribution in [0.15, 0.2) is 12.1 Å². The summed E-state index contributed by atoms with van der Waals surface area (Å²) in [5.74, 6) is 1.70. The standard InChI is InChI=1S/C16H20O3.CH3NO/c17-13-2-1-12(14(18)15(13)19)16-6-9-3-10(7-16)5-11(4-9)8-16;2-1-3/h1-2,9-11,17-19H,3-8H2;1H,(H2,2,3). The van der Waals surface area contributed by atoms with Gasteiger partial charge in [0.1, 0.15) is 0 Å². The Hall–Kier alpha value is -1.91. The van der Waals surface area contributed by atoms with Crippen LogP contribution in [-0.4, -0.2) is 21.7 Å². The van der Waals surface area contributed by atoms with Crippen LogP contribution < -0.4 is 5.73 Å². The zero-order chi connectivity index (χ0) is 15.9. The average molecular weight is 305 g/mol. The quantitative estimate of drug-likeness (QED) is 0.472. The van der Waals surface area contributed by atoms with Gasteiger partial charge in [-0.2, -0.15) is 0 Å². The number of carbonyl (C=O) groups is 1. The Kier molecular flexibility index (Phi) is 3.67. The molecule has 1 aromatic rings. The highest BCUT2D eigenvalue weighted by Crippen LogP contribution is 2.62. The van der Waals surface area contributed by atoms with E-state index in [1.807, 2.05) is 6.07 Å². The van der Waals surface area contributed by atoms with Crippen molar-refractivity contribution in [1.82, 2.24) is 0 Å². The predicted molar refractivity (Wildman–Crippen MR) is 81.5 cm³/mol. The van der Waals surface area contributed by atoms with Gasteiger partial charge in [-0.3, -0.25) is 4.79 Å². The van der Waals surface area contributed by atoms with E-state index in [0.29, 0.717) is 0 Å². The van der Waals surface area contributed by atoms with Crippen molar-refractivity contribution in [3.63, 3.8) is 0 Å². The van der Waals surface area contributed by atoms with Crippen molar-refractivity contribution < 1.29 is 20.1 Å².